The van der Waals surface area contributed by atoms with Gasteiger partial charge in [-0.15, -0.1) is 0 Å². The second-order valence-corrected chi connectivity index (χ2v) is 7.60. The highest BCUT2D eigenvalue weighted by molar-refractivity contribution is 7.86. The Bertz CT molecular complexity index is 566. The van der Waals surface area contributed by atoms with Crippen LogP contribution in [0.2, 0.25) is 0 Å². The van der Waals surface area contributed by atoms with Crippen LogP contribution in [0, 0.1) is 5.82 Å². The van der Waals surface area contributed by atoms with Crippen LogP contribution in [0.5, 0.6) is 0 Å². The number of nitrogens with zero attached hydrogens (tertiary/aromatic N) is 3. The third kappa shape index (κ3) is 3.60. The lowest BCUT2D eigenvalue weighted by Gasteiger charge is -2.38. The van der Waals surface area contributed by atoms with E-state index in [4.69, 9.17) is 0 Å². The summed E-state index contributed by atoms with van der Waals surface area (Å²) in [5.41, 5.74) is 1.04. The number of benzene rings is 1. The number of hydrogen-bond acceptors (Lipinski definition) is 3. The van der Waals surface area contributed by atoms with Crippen LogP contribution in [0.4, 0.5) is 4.39 Å². The summed E-state index contributed by atoms with van der Waals surface area (Å²) in [7, 11) is -0.240. The minimum Gasteiger partial charge on any atom is -0.294 e. The molecule has 5 nitrogen and oxygen atoms in total. The van der Waals surface area contributed by atoms with Crippen molar-refractivity contribution in [3.63, 3.8) is 0 Å². The van der Waals surface area contributed by atoms with Crippen LogP contribution >= 0.6 is 0 Å². The Morgan fingerprint density at radius 1 is 1.10 bits per heavy atom. The maximum absolute atomic E-state index is 13.0. The van der Waals surface area contributed by atoms with Gasteiger partial charge in [0.05, 0.1) is 0 Å². The largest absolute Gasteiger partial charge is 0.294 e. The van der Waals surface area contributed by atoms with Crippen LogP contribution in [0.25, 0.3) is 0 Å². The molecule has 0 spiro atoms. The van der Waals surface area contributed by atoms with Crippen LogP contribution in [-0.2, 0) is 10.2 Å². The van der Waals surface area contributed by atoms with E-state index in [9.17, 15) is 12.8 Å². The van der Waals surface area contributed by atoms with Crippen LogP contribution in [0.3, 0.4) is 0 Å². The molecule has 0 radical (unpaired) electrons. The highest BCUT2D eigenvalue weighted by Crippen LogP contribution is 2.22. The fourth-order valence-corrected chi connectivity index (χ4v) is 3.59. The zero-order valence-electron chi connectivity index (χ0n) is 12.7. The smallest absolute Gasteiger partial charge is 0.281 e. The topological polar surface area (TPSA) is 43.9 Å². The summed E-state index contributed by atoms with van der Waals surface area (Å²) in [5, 5.41) is 0. The Morgan fingerprint density at radius 3 is 2.10 bits per heavy atom. The number of hydrogen-bond donors (Lipinski definition) is 0. The summed E-state index contributed by atoms with van der Waals surface area (Å²) in [4.78, 5) is 2.22. The van der Waals surface area contributed by atoms with Crippen molar-refractivity contribution < 1.29 is 12.8 Å². The Hall–Kier alpha value is -1.02. The monoisotopic (exact) mass is 315 g/mol. The Balaban J connectivity index is 1.99. The fraction of sp³-hybridized carbons (Fsp3) is 0.571. The predicted molar refractivity (Wildman–Crippen MR) is 80.6 cm³/mol. The molecule has 1 saturated heterocycles. The number of rotatable bonds is 4. The van der Waals surface area contributed by atoms with Gasteiger partial charge in [0.1, 0.15) is 5.82 Å². The Kier molecular flexibility index (Phi) is 4.98. The Labute approximate surface area is 126 Å². The molecule has 2 rings (SSSR count). The van der Waals surface area contributed by atoms with E-state index in [1.807, 2.05) is 0 Å². The average Bonchev–Trinajstić information content (AvgIpc) is 2.47. The standard InChI is InChI=1S/C14H22FN3O2S/c1-12(13-4-6-14(15)7-5-13)17-8-10-18(11-9-17)21(19,20)16(2)3/h4-7,12H,8-11H2,1-3H3. The highest BCUT2D eigenvalue weighted by Gasteiger charge is 2.30. The molecule has 0 saturated carbocycles. The second-order valence-electron chi connectivity index (χ2n) is 5.45. The maximum Gasteiger partial charge on any atom is 0.281 e. The molecule has 118 valence electrons. The first-order valence-electron chi connectivity index (χ1n) is 6.99. The van der Waals surface area contributed by atoms with Crippen LogP contribution in [-0.4, -0.2) is 62.2 Å². The van der Waals surface area contributed by atoms with Gasteiger partial charge in [0, 0.05) is 46.3 Å². The van der Waals surface area contributed by atoms with Crippen molar-refractivity contribution >= 4 is 10.2 Å². The van der Waals surface area contributed by atoms with Crippen LogP contribution < -0.4 is 0 Å². The summed E-state index contributed by atoms with van der Waals surface area (Å²) in [6.07, 6.45) is 0. The van der Waals surface area contributed by atoms with Gasteiger partial charge in [-0.1, -0.05) is 12.1 Å². The summed E-state index contributed by atoms with van der Waals surface area (Å²) >= 11 is 0. The molecule has 1 aliphatic rings. The third-order valence-electron chi connectivity index (χ3n) is 3.96. The second kappa shape index (κ2) is 6.39. The van der Waals surface area contributed by atoms with Gasteiger partial charge in [-0.3, -0.25) is 4.90 Å². The molecule has 1 aromatic carbocycles. The summed E-state index contributed by atoms with van der Waals surface area (Å²) < 4.78 is 39.8. The first kappa shape index (κ1) is 16.4. The molecular weight excluding hydrogens is 293 g/mol. The molecule has 1 fully saturated rings. The molecule has 0 aliphatic carbocycles. The van der Waals surface area contributed by atoms with E-state index in [0.717, 1.165) is 5.56 Å². The maximum atomic E-state index is 13.0. The number of piperazine rings is 1. The van der Waals surface area contributed by atoms with Gasteiger partial charge in [0.25, 0.3) is 10.2 Å². The van der Waals surface area contributed by atoms with E-state index in [-0.39, 0.29) is 11.9 Å². The average molecular weight is 315 g/mol. The zero-order valence-corrected chi connectivity index (χ0v) is 13.5. The van der Waals surface area contributed by atoms with E-state index in [1.165, 1.54) is 20.7 Å². The quantitative estimate of drug-likeness (QED) is 0.841. The van der Waals surface area contributed by atoms with Gasteiger partial charge in [-0.2, -0.15) is 17.0 Å². The molecular formula is C14H22FN3O2S. The highest BCUT2D eigenvalue weighted by atomic mass is 32.2. The molecule has 1 heterocycles. The third-order valence-corrected chi connectivity index (χ3v) is 5.90. The van der Waals surface area contributed by atoms with E-state index in [0.29, 0.717) is 26.2 Å². The molecule has 0 bridgehead atoms. The molecule has 1 aliphatic heterocycles. The number of halogens is 1. The first-order valence-corrected chi connectivity index (χ1v) is 8.39. The summed E-state index contributed by atoms with van der Waals surface area (Å²) in [6.45, 7) is 4.36. The normalized spacial score (nSPS) is 19.9. The summed E-state index contributed by atoms with van der Waals surface area (Å²) in [5.74, 6) is -0.243. The molecule has 21 heavy (non-hydrogen) atoms. The van der Waals surface area contributed by atoms with Crippen molar-refractivity contribution in [3.8, 4) is 0 Å². The van der Waals surface area contributed by atoms with Crippen LogP contribution in [0.1, 0.15) is 18.5 Å². The van der Waals surface area contributed by atoms with Gasteiger partial charge in [0.2, 0.25) is 0 Å². The van der Waals surface area contributed by atoms with Crippen molar-refractivity contribution in [3.05, 3.63) is 35.6 Å². The lowest BCUT2D eigenvalue weighted by molar-refractivity contribution is 0.143. The molecule has 1 unspecified atom stereocenters. The van der Waals surface area contributed by atoms with Gasteiger partial charge < -0.3 is 0 Å². The van der Waals surface area contributed by atoms with Crippen molar-refractivity contribution in [2.75, 3.05) is 40.3 Å². The van der Waals surface area contributed by atoms with Gasteiger partial charge >= 0.3 is 0 Å². The van der Waals surface area contributed by atoms with E-state index in [2.05, 4.69) is 11.8 Å². The van der Waals surface area contributed by atoms with Gasteiger partial charge in [0.15, 0.2) is 0 Å². The molecule has 7 heteroatoms. The molecule has 0 amide bonds. The van der Waals surface area contributed by atoms with E-state index in [1.54, 1.807) is 26.2 Å². The first-order chi connectivity index (χ1) is 9.82. The zero-order chi connectivity index (χ0) is 15.6. The molecule has 1 aromatic rings. The minimum atomic E-state index is -3.33. The SMILES string of the molecule is CC(c1ccc(F)cc1)N1CCN(S(=O)(=O)N(C)C)CC1. The lowest BCUT2D eigenvalue weighted by Crippen LogP contribution is -2.52. The van der Waals surface area contributed by atoms with E-state index < -0.39 is 10.2 Å². The molecule has 0 aromatic heterocycles. The minimum absolute atomic E-state index is 0.148. The predicted octanol–water partition coefficient (Wildman–Crippen LogP) is 1.31. The van der Waals surface area contributed by atoms with Crippen molar-refractivity contribution in [2.24, 2.45) is 0 Å². The van der Waals surface area contributed by atoms with Crippen molar-refractivity contribution in [1.29, 1.82) is 0 Å². The van der Waals surface area contributed by atoms with E-state index >= 15 is 0 Å². The Morgan fingerprint density at radius 2 is 1.62 bits per heavy atom. The summed E-state index contributed by atoms with van der Waals surface area (Å²) in [6, 6.07) is 6.62. The molecule has 0 N–H and O–H groups in total. The van der Waals surface area contributed by atoms with Crippen molar-refractivity contribution in [2.45, 2.75) is 13.0 Å². The van der Waals surface area contributed by atoms with Crippen LogP contribution in [0.15, 0.2) is 24.3 Å². The molecule has 1 atom stereocenters. The van der Waals surface area contributed by atoms with Gasteiger partial charge in [-0.25, -0.2) is 4.39 Å². The van der Waals surface area contributed by atoms with Gasteiger partial charge in [-0.05, 0) is 24.6 Å². The fourth-order valence-electron chi connectivity index (χ4n) is 2.50. The van der Waals surface area contributed by atoms with Crippen molar-refractivity contribution in [1.82, 2.24) is 13.5 Å². The lowest BCUT2D eigenvalue weighted by atomic mass is 10.1.